The summed E-state index contributed by atoms with van der Waals surface area (Å²) in [5, 5.41) is 18.9. The lowest BCUT2D eigenvalue weighted by Gasteiger charge is -2.05. The fourth-order valence-corrected chi connectivity index (χ4v) is 1.88. The van der Waals surface area contributed by atoms with Crippen molar-refractivity contribution in [3.8, 4) is 11.5 Å². The number of rotatable bonds is 4. The number of phenolic OH excluding ortho intramolecular Hbond substituents is 1. The number of phenols is 1. The van der Waals surface area contributed by atoms with Crippen molar-refractivity contribution >= 4 is 17.9 Å². The van der Waals surface area contributed by atoms with Crippen molar-refractivity contribution in [1.82, 2.24) is 0 Å². The van der Waals surface area contributed by atoms with E-state index >= 15 is 0 Å². The van der Waals surface area contributed by atoms with Gasteiger partial charge in [-0.2, -0.15) is 0 Å². The number of hydrogen-bond donors (Lipinski definition) is 2. The third kappa shape index (κ3) is 3.20. The molecule has 0 fully saturated rings. The van der Waals surface area contributed by atoms with Crippen LogP contribution in [-0.2, 0) is 0 Å². The van der Waals surface area contributed by atoms with E-state index in [2.05, 4.69) is 4.99 Å². The molecule has 0 aromatic heterocycles. The minimum atomic E-state index is -0.973. The molecule has 5 nitrogen and oxygen atoms in total. The maximum Gasteiger partial charge on any atom is 0.335 e. The Morgan fingerprint density at radius 1 is 1.29 bits per heavy atom. The number of carboxylic acid groups (broad SMARTS) is 1. The van der Waals surface area contributed by atoms with E-state index in [1.54, 1.807) is 37.3 Å². The lowest BCUT2D eigenvalue weighted by Crippen LogP contribution is -1.96. The van der Waals surface area contributed by atoms with Gasteiger partial charge in [0.15, 0.2) is 11.5 Å². The summed E-state index contributed by atoms with van der Waals surface area (Å²) in [5.41, 5.74) is 2.13. The topological polar surface area (TPSA) is 79.1 Å². The number of aromatic hydroxyl groups is 1. The van der Waals surface area contributed by atoms with Crippen LogP contribution in [-0.4, -0.2) is 29.5 Å². The molecular formula is C16H15NO4. The Bertz CT molecular complexity index is 707. The van der Waals surface area contributed by atoms with Crippen LogP contribution in [0.3, 0.4) is 0 Å². The lowest BCUT2D eigenvalue weighted by atomic mass is 10.1. The Labute approximate surface area is 122 Å². The van der Waals surface area contributed by atoms with Crippen LogP contribution in [0.15, 0.2) is 41.4 Å². The van der Waals surface area contributed by atoms with E-state index in [4.69, 9.17) is 9.84 Å². The summed E-state index contributed by atoms with van der Waals surface area (Å²) in [7, 11) is 1.48. The molecule has 0 unspecified atom stereocenters. The second-order valence-corrected chi connectivity index (χ2v) is 4.46. The number of aryl methyl sites for hydroxylation is 1. The summed E-state index contributed by atoms with van der Waals surface area (Å²) in [4.78, 5) is 15.2. The van der Waals surface area contributed by atoms with Crippen molar-refractivity contribution in [3.05, 3.63) is 53.1 Å². The molecule has 0 radical (unpaired) electrons. The molecule has 0 saturated carbocycles. The van der Waals surface area contributed by atoms with E-state index in [0.29, 0.717) is 17.0 Å². The first kappa shape index (κ1) is 14.6. The van der Waals surface area contributed by atoms with Crippen LogP contribution in [0.2, 0.25) is 0 Å². The average Bonchev–Trinajstić information content (AvgIpc) is 2.47. The van der Waals surface area contributed by atoms with Crippen molar-refractivity contribution in [1.29, 1.82) is 0 Å². The zero-order valence-electron chi connectivity index (χ0n) is 11.7. The van der Waals surface area contributed by atoms with Gasteiger partial charge < -0.3 is 14.9 Å². The molecular weight excluding hydrogens is 270 g/mol. The van der Waals surface area contributed by atoms with Crippen LogP contribution < -0.4 is 4.74 Å². The van der Waals surface area contributed by atoms with E-state index in [-0.39, 0.29) is 11.3 Å². The van der Waals surface area contributed by atoms with Gasteiger partial charge in [-0.15, -0.1) is 0 Å². The van der Waals surface area contributed by atoms with Crippen molar-refractivity contribution in [2.75, 3.05) is 7.11 Å². The van der Waals surface area contributed by atoms with Crippen LogP contribution in [0.1, 0.15) is 21.5 Å². The molecule has 0 bridgehead atoms. The number of benzene rings is 2. The monoisotopic (exact) mass is 285 g/mol. The molecule has 0 aliphatic carbocycles. The smallest absolute Gasteiger partial charge is 0.335 e. The predicted octanol–water partition coefficient (Wildman–Crippen LogP) is 3.16. The van der Waals surface area contributed by atoms with Gasteiger partial charge in [-0.25, -0.2) is 4.79 Å². The SMILES string of the molecule is COc1cccc(C=Nc2ccc(C(=O)O)cc2C)c1O. The first-order chi connectivity index (χ1) is 10.0. The van der Waals surface area contributed by atoms with Gasteiger partial charge in [0.25, 0.3) is 0 Å². The quantitative estimate of drug-likeness (QED) is 0.846. The summed E-state index contributed by atoms with van der Waals surface area (Å²) in [6.45, 7) is 1.78. The Morgan fingerprint density at radius 3 is 2.67 bits per heavy atom. The molecule has 2 N–H and O–H groups in total. The van der Waals surface area contributed by atoms with Gasteiger partial charge in [0.05, 0.1) is 18.4 Å². The molecule has 0 atom stereocenters. The number of aromatic carboxylic acids is 1. The van der Waals surface area contributed by atoms with Gasteiger partial charge >= 0.3 is 5.97 Å². The van der Waals surface area contributed by atoms with Crippen molar-refractivity contribution in [3.63, 3.8) is 0 Å². The molecule has 0 spiro atoms. The van der Waals surface area contributed by atoms with Gasteiger partial charge in [0.1, 0.15) is 0 Å². The third-order valence-corrected chi connectivity index (χ3v) is 3.04. The van der Waals surface area contributed by atoms with E-state index in [1.807, 2.05) is 0 Å². The highest BCUT2D eigenvalue weighted by Crippen LogP contribution is 2.29. The highest BCUT2D eigenvalue weighted by Gasteiger charge is 2.07. The Hall–Kier alpha value is -2.82. The van der Waals surface area contributed by atoms with Crippen LogP contribution in [0, 0.1) is 6.92 Å². The minimum Gasteiger partial charge on any atom is -0.504 e. The molecule has 0 heterocycles. The van der Waals surface area contributed by atoms with Gasteiger partial charge in [-0.1, -0.05) is 6.07 Å². The number of hydrogen-bond acceptors (Lipinski definition) is 4. The summed E-state index contributed by atoms with van der Waals surface area (Å²) in [5.74, 6) is -0.584. The molecule has 2 aromatic rings. The number of aliphatic imine (C=N–C) groups is 1. The number of nitrogens with zero attached hydrogens (tertiary/aromatic N) is 1. The Balaban J connectivity index is 2.32. The minimum absolute atomic E-state index is 0.0172. The zero-order valence-corrected chi connectivity index (χ0v) is 11.7. The number of methoxy groups -OCH3 is 1. The molecule has 0 aliphatic rings. The normalized spacial score (nSPS) is 10.8. The van der Waals surface area contributed by atoms with Crippen molar-refractivity contribution in [2.45, 2.75) is 6.92 Å². The molecule has 108 valence electrons. The van der Waals surface area contributed by atoms with E-state index < -0.39 is 5.97 Å². The van der Waals surface area contributed by atoms with Gasteiger partial charge in [-0.05, 0) is 42.8 Å². The average molecular weight is 285 g/mol. The maximum absolute atomic E-state index is 10.9. The second kappa shape index (κ2) is 6.09. The standard InChI is InChI=1S/C16H15NO4/c1-10-8-11(16(19)20)6-7-13(10)17-9-12-4-3-5-14(21-2)15(12)18/h3-9,18H,1-2H3,(H,19,20). The Kier molecular flexibility index (Phi) is 4.23. The number of para-hydroxylation sites is 1. The molecule has 0 amide bonds. The second-order valence-electron chi connectivity index (χ2n) is 4.46. The number of carbonyl (C=O) groups is 1. The maximum atomic E-state index is 10.9. The fraction of sp³-hybridized carbons (Fsp3) is 0.125. The number of ether oxygens (including phenoxy) is 1. The molecule has 0 aliphatic heterocycles. The molecule has 5 heteroatoms. The van der Waals surface area contributed by atoms with Crippen molar-refractivity contribution < 1.29 is 19.7 Å². The van der Waals surface area contributed by atoms with Gasteiger partial charge in [0, 0.05) is 11.8 Å². The zero-order chi connectivity index (χ0) is 15.4. The van der Waals surface area contributed by atoms with E-state index in [1.165, 1.54) is 19.4 Å². The van der Waals surface area contributed by atoms with Gasteiger partial charge in [-0.3, -0.25) is 4.99 Å². The Morgan fingerprint density at radius 2 is 2.05 bits per heavy atom. The van der Waals surface area contributed by atoms with Crippen LogP contribution >= 0.6 is 0 Å². The molecule has 2 rings (SSSR count). The van der Waals surface area contributed by atoms with Crippen molar-refractivity contribution in [2.24, 2.45) is 4.99 Å². The predicted molar refractivity (Wildman–Crippen MR) is 80.1 cm³/mol. The highest BCUT2D eigenvalue weighted by molar-refractivity contribution is 5.89. The molecule has 2 aromatic carbocycles. The largest absolute Gasteiger partial charge is 0.504 e. The van der Waals surface area contributed by atoms with Crippen LogP contribution in [0.5, 0.6) is 11.5 Å². The fourth-order valence-electron chi connectivity index (χ4n) is 1.88. The summed E-state index contributed by atoms with van der Waals surface area (Å²) in [6.07, 6.45) is 1.51. The first-order valence-electron chi connectivity index (χ1n) is 6.27. The summed E-state index contributed by atoms with van der Waals surface area (Å²) < 4.78 is 5.03. The third-order valence-electron chi connectivity index (χ3n) is 3.04. The summed E-state index contributed by atoms with van der Waals surface area (Å²) in [6, 6.07) is 9.79. The molecule has 21 heavy (non-hydrogen) atoms. The lowest BCUT2D eigenvalue weighted by molar-refractivity contribution is 0.0697. The first-order valence-corrected chi connectivity index (χ1v) is 6.27. The van der Waals surface area contributed by atoms with Gasteiger partial charge in [0.2, 0.25) is 0 Å². The van der Waals surface area contributed by atoms with E-state index in [9.17, 15) is 9.90 Å². The molecule has 0 saturated heterocycles. The number of carboxylic acids is 1. The van der Waals surface area contributed by atoms with E-state index in [0.717, 1.165) is 5.56 Å². The van der Waals surface area contributed by atoms with Crippen LogP contribution in [0.25, 0.3) is 0 Å². The summed E-state index contributed by atoms with van der Waals surface area (Å²) >= 11 is 0. The highest BCUT2D eigenvalue weighted by atomic mass is 16.5. The van der Waals surface area contributed by atoms with Crippen LogP contribution in [0.4, 0.5) is 5.69 Å².